The first-order valence-electron chi connectivity index (χ1n) is 8.79. The lowest BCUT2D eigenvalue weighted by atomic mass is 10.1. The van der Waals surface area contributed by atoms with Gasteiger partial charge in [0.1, 0.15) is 0 Å². The van der Waals surface area contributed by atoms with Crippen molar-refractivity contribution < 1.29 is 4.79 Å². The van der Waals surface area contributed by atoms with Gasteiger partial charge in [-0.25, -0.2) is 0 Å². The molecule has 1 rings (SSSR count). The summed E-state index contributed by atoms with van der Waals surface area (Å²) in [5.74, 6) is 0.293. The third-order valence-corrected chi connectivity index (χ3v) is 4.07. The second kappa shape index (κ2) is 11.1. The smallest absolute Gasteiger partial charge is 0.222 e. The molecule has 3 nitrogen and oxygen atoms in total. The predicted molar refractivity (Wildman–Crippen MR) is 94.8 cm³/mol. The van der Waals surface area contributed by atoms with Crippen LogP contribution in [0.25, 0.3) is 0 Å². The van der Waals surface area contributed by atoms with Crippen molar-refractivity contribution in [3.05, 3.63) is 29.8 Å². The second-order valence-electron chi connectivity index (χ2n) is 5.99. The maximum atomic E-state index is 12.3. The van der Waals surface area contributed by atoms with Crippen molar-refractivity contribution >= 4 is 11.6 Å². The molecule has 0 aromatic heterocycles. The number of carbonyl (C=O) groups is 1. The van der Waals surface area contributed by atoms with E-state index in [1.165, 1.54) is 31.2 Å². The molecule has 0 bridgehead atoms. The molecule has 0 spiro atoms. The van der Waals surface area contributed by atoms with E-state index in [4.69, 9.17) is 5.73 Å². The maximum absolute atomic E-state index is 12.3. The molecule has 22 heavy (non-hydrogen) atoms. The number of anilines is 1. The molecule has 0 aliphatic carbocycles. The highest BCUT2D eigenvalue weighted by Gasteiger charge is 2.10. The molecule has 0 radical (unpaired) electrons. The van der Waals surface area contributed by atoms with E-state index in [2.05, 4.69) is 19.9 Å². The van der Waals surface area contributed by atoms with Crippen molar-refractivity contribution in [3.8, 4) is 0 Å². The molecule has 1 aromatic carbocycles. The first kappa shape index (κ1) is 18.5. The van der Waals surface area contributed by atoms with Gasteiger partial charge < -0.3 is 10.6 Å². The lowest BCUT2D eigenvalue weighted by Crippen LogP contribution is -2.31. The Balaban J connectivity index is 2.23. The number of hydrogen-bond donors (Lipinski definition) is 1. The number of nitrogens with zero attached hydrogens (tertiary/aromatic N) is 1. The lowest BCUT2D eigenvalue weighted by molar-refractivity contribution is -0.131. The summed E-state index contributed by atoms with van der Waals surface area (Å²) < 4.78 is 0. The number of rotatable bonds is 11. The van der Waals surface area contributed by atoms with Gasteiger partial charge in [-0.1, -0.05) is 44.7 Å². The Morgan fingerprint density at radius 2 is 1.86 bits per heavy atom. The molecule has 3 heteroatoms. The molecule has 0 atom stereocenters. The normalized spacial score (nSPS) is 10.6. The average Bonchev–Trinajstić information content (AvgIpc) is 2.51. The number of unbranched alkanes of at least 4 members (excludes halogenated alkanes) is 4. The fraction of sp³-hybridized carbons (Fsp3) is 0.632. The van der Waals surface area contributed by atoms with E-state index in [1.54, 1.807) is 0 Å². The second-order valence-corrected chi connectivity index (χ2v) is 5.99. The number of carbonyl (C=O) groups excluding carboxylic acids is 1. The van der Waals surface area contributed by atoms with Crippen LogP contribution in [0.2, 0.25) is 0 Å². The molecule has 0 aliphatic heterocycles. The average molecular weight is 304 g/mol. The van der Waals surface area contributed by atoms with Gasteiger partial charge in [0.05, 0.1) is 0 Å². The van der Waals surface area contributed by atoms with Crippen molar-refractivity contribution in [1.29, 1.82) is 0 Å². The van der Waals surface area contributed by atoms with Crippen LogP contribution < -0.4 is 5.73 Å². The number of nitrogens with two attached hydrogens (primary N) is 1. The standard InChI is InChI=1S/C19H32N2O/c1-3-5-6-7-8-15-21(4-2)19(22)14-10-12-17-11-9-13-18(20)16-17/h9,11,13,16H,3-8,10,12,14-15,20H2,1-2H3. The van der Waals surface area contributed by atoms with Crippen LogP contribution in [0.4, 0.5) is 5.69 Å². The first-order valence-corrected chi connectivity index (χ1v) is 8.79. The van der Waals surface area contributed by atoms with Crippen LogP contribution in [0.5, 0.6) is 0 Å². The molecule has 0 aliphatic rings. The monoisotopic (exact) mass is 304 g/mol. The van der Waals surface area contributed by atoms with Crippen LogP contribution >= 0.6 is 0 Å². The lowest BCUT2D eigenvalue weighted by Gasteiger charge is -2.21. The van der Waals surface area contributed by atoms with Crippen molar-refractivity contribution in [2.75, 3.05) is 18.8 Å². The fourth-order valence-corrected chi connectivity index (χ4v) is 2.72. The molecule has 2 N–H and O–H groups in total. The van der Waals surface area contributed by atoms with Gasteiger partial charge in [-0.3, -0.25) is 4.79 Å². The molecule has 1 amide bonds. The summed E-state index contributed by atoms with van der Waals surface area (Å²) >= 11 is 0. The molecule has 0 unspecified atom stereocenters. The minimum absolute atomic E-state index is 0.293. The summed E-state index contributed by atoms with van der Waals surface area (Å²) in [6, 6.07) is 7.94. The van der Waals surface area contributed by atoms with Crippen molar-refractivity contribution in [1.82, 2.24) is 4.90 Å². The largest absolute Gasteiger partial charge is 0.399 e. The first-order chi connectivity index (χ1) is 10.7. The van der Waals surface area contributed by atoms with Crippen molar-refractivity contribution in [2.45, 2.75) is 65.2 Å². The van der Waals surface area contributed by atoms with E-state index in [-0.39, 0.29) is 0 Å². The summed E-state index contributed by atoms with van der Waals surface area (Å²) in [6.45, 7) is 6.03. The van der Waals surface area contributed by atoms with Crippen LogP contribution in [0.1, 0.15) is 64.4 Å². The summed E-state index contributed by atoms with van der Waals surface area (Å²) in [6.07, 6.45) is 8.69. The van der Waals surface area contributed by atoms with Gasteiger partial charge in [0.25, 0.3) is 0 Å². The highest BCUT2D eigenvalue weighted by molar-refractivity contribution is 5.76. The molecular formula is C19H32N2O. The maximum Gasteiger partial charge on any atom is 0.222 e. The van der Waals surface area contributed by atoms with Gasteiger partial charge in [-0.15, -0.1) is 0 Å². The molecule has 0 fully saturated rings. The number of nitrogen functional groups attached to an aromatic ring is 1. The Morgan fingerprint density at radius 3 is 2.55 bits per heavy atom. The molecule has 0 heterocycles. The summed E-state index contributed by atoms with van der Waals surface area (Å²) in [5.41, 5.74) is 7.79. The third kappa shape index (κ3) is 7.48. The highest BCUT2D eigenvalue weighted by Crippen LogP contribution is 2.11. The zero-order chi connectivity index (χ0) is 16.2. The van der Waals surface area contributed by atoms with Gasteiger partial charge in [0, 0.05) is 25.2 Å². The minimum atomic E-state index is 0.293. The van der Waals surface area contributed by atoms with E-state index in [0.717, 1.165) is 38.0 Å². The number of aryl methyl sites for hydroxylation is 1. The number of benzene rings is 1. The Labute approximate surface area is 135 Å². The number of amides is 1. The van der Waals surface area contributed by atoms with Gasteiger partial charge in [0.2, 0.25) is 5.91 Å². The molecule has 124 valence electrons. The fourth-order valence-electron chi connectivity index (χ4n) is 2.72. The Kier molecular flexibility index (Phi) is 9.36. The van der Waals surface area contributed by atoms with E-state index >= 15 is 0 Å². The molecule has 1 aromatic rings. The zero-order valence-corrected chi connectivity index (χ0v) is 14.3. The van der Waals surface area contributed by atoms with Crippen molar-refractivity contribution in [3.63, 3.8) is 0 Å². The predicted octanol–water partition coefficient (Wildman–Crippen LogP) is 4.41. The van der Waals surface area contributed by atoms with E-state index in [0.29, 0.717) is 12.3 Å². The summed E-state index contributed by atoms with van der Waals surface area (Å²) in [4.78, 5) is 14.3. The van der Waals surface area contributed by atoms with E-state index < -0.39 is 0 Å². The highest BCUT2D eigenvalue weighted by atomic mass is 16.2. The third-order valence-electron chi connectivity index (χ3n) is 4.07. The van der Waals surface area contributed by atoms with Crippen LogP contribution in [-0.4, -0.2) is 23.9 Å². The van der Waals surface area contributed by atoms with Crippen LogP contribution in [0, 0.1) is 0 Å². The van der Waals surface area contributed by atoms with Crippen molar-refractivity contribution in [2.24, 2.45) is 0 Å². The van der Waals surface area contributed by atoms with Gasteiger partial charge >= 0.3 is 0 Å². The summed E-state index contributed by atoms with van der Waals surface area (Å²) in [7, 11) is 0. The van der Waals surface area contributed by atoms with E-state index in [1.807, 2.05) is 23.1 Å². The molecule has 0 saturated heterocycles. The molecule has 0 saturated carbocycles. The van der Waals surface area contributed by atoms with Gasteiger partial charge in [-0.2, -0.15) is 0 Å². The SMILES string of the molecule is CCCCCCCN(CC)C(=O)CCCc1cccc(N)c1. The van der Waals surface area contributed by atoms with Crippen LogP contribution in [0.3, 0.4) is 0 Å². The molecular weight excluding hydrogens is 272 g/mol. The van der Waals surface area contributed by atoms with E-state index in [9.17, 15) is 4.79 Å². The van der Waals surface area contributed by atoms with Gasteiger partial charge in [0.15, 0.2) is 0 Å². The minimum Gasteiger partial charge on any atom is -0.399 e. The topological polar surface area (TPSA) is 46.3 Å². The zero-order valence-electron chi connectivity index (χ0n) is 14.3. The summed E-state index contributed by atoms with van der Waals surface area (Å²) in [5, 5.41) is 0. The Bertz CT molecular complexity index is 431. The van der Waals surface area contributed by atoms with Gasteiger partial charge in [-0.05, 0) is 43.9 Å². The Hall–Kier alpha value is -1.51. The Morgan fingerprint density at radius 1 is 1.09 bits per heavy atom. The number of hydrogen-bond acceptors (Lipinski definition) is 2. The quantitative estimate of drug-likeness (QED) is 0.486. The van der Waals surface area contributed by atoms with Crippen LogP contribution in [-0.2, 0) is 11.2 Å². The van der Waals surface area contributed by atoms with Crippen LogP contribution in [0.15, 0.2) is 24.3 Å².